The molecule has 0 atom stereocenters. The molecule has 0 amide bonds. The summed E-state index contributed by atoms with van der Waals surface area (Å²) in [6.45, 7) is 15.3. The van der Waals surface area contributed by atoms with E-state index < -0.39 is 0 Å². The van der Waals surface area contributed by atoms with Crippen molar-refractivity contribution in [3.63, 3.8) is 0 Å². The molecule has 24 heavy (non-hydrogen) atoms. The highest BCUT2D eigenvalue weighted by molar-refractivity contribution is 6.36. The summed E-state index contributed by atoms with van der Waals surface area (Å²) in [6.07, 6.45) is 3.41. The van der Waals surface area contributed by atoms with Crippen LogP contribution in [-0.4, -0.2) is 64.6 Å². The fraction of sp³-hybridized carbons (Fsp3) is 1.00. The Morgan fingerprint density at radius 2 is 1.58 bits per heavy atom. The molecule has 1 saturated heterocycles. The molecule has 0 bridgehead atoms. The van der Waals surface area contributed by atoms with Crippen LogP contribution in [0.25, 0.3) is 0 Å². The van der Waals surface area contributed by atoms with Crippen LogP contribution >= 0.6 is 0 Å². The number of ether oxygens (including phenoxy) is 3. The smallest absolute Gasteiger partial charge is 0.134 e. The molecule has 1 aliphatic heterocycles. The zero-order valence-electron chi connectivity index (χ0n) is 16.9. The van der Waals surface area contributed by atoms with Gasteiger partial charge in [0.15, 0.2) is 0 Å². The maximum Gasteiger partial charge on any atom is 0.134 e. The van der Waals surface area contributed by atoms with E-state index in [1.165, 1.54) is 6.04 Å². The second-order valence-electron chi connectivity index (χ2n) is 7.84. The first-order chi connectivity index (χ1) is 11.3. The summed E-state index contributed by atoms with van der Waals surface area (Å²) >= 11 is 0. The predicted octanol–water partition coefficient (Wildman–Crippen LogP) is 2.92. The van der Waals surface area contributed by atoms with Crippen LogP contribution in [0, 0.1) is 0 Å². The molecule has 6 heteroatoms. The molecular weight excluding hydrogens is 322 g/mol. The molecule has 1 aliphatic rings. The number of hydroxylamine groups is 2. The van der Waals surface area contributed by atoms with Crippen molar-refractivity contribution < 1.29 is 19.0 Å². The van der Waals surface area contributed by atoms with Gasteiger partial charge >= 0.3 is 0 Å². The minimum absolute atomic E-state index is 0.00898. The molecule has 0 radical (unpaired) electrons. The van der Waals surface area contributed by atoms with E-state index >= 15 is 0 Å². The highest BCUT2D eigenvalue weighted by atomic mass is 28.2. The Morgan fingerprint density at radius 3 is 2.04 bits per heavy atom. The van der Waals surface area contributed by atoms with Crippen molar-refractivity contribution >= 4 is 9.52 Å². The number of rotatable bonds is 11. The van der Waals surface area contributed by atoms with Gasteiger partial charge < -0.3 is 19.0 Å². The lowest BCUT2D eigenvalue weighted by molar-refractivity contribution is -0.279. The maximum atomic E-state index is 6.21. The summed E-state index contributed by atoms with van der Waals surface area (Å²) in [7, 11) is 1.41. The van der Waals surface area contributed by atoms with E-state index in [1.807, 2.05) is 13.8 Å². The Labute approximate surface area is 151 Å². The Hall–Kier alpha value is 0.0169. The first kappa shape index (κ1) is 22.1. The van der Waals surface area contributed by atoms with Crippen LogP contribution in [0.4, 0.5) is 0 Å². The average Bonchev–Trinajstić information content (AvgIpc) is 2.45. The summed E-state index contributed by atoms with van der Waals surface area (Å²) in [5.74, 6) is 0.0720. The standard InChI is InChI=1S/C18H39NO4Si/c1-8-21-16(22-9-2)24-12-10-11-23-15-13-17(3,4)19(20-7)18(5,6)14-15/h15-16H,8-14,24H2,1-7H3. The van der Waals surface area contributed by atoms with Crippen LogP contribution in [-0.2, 0) is 19.0 Å². The van der Waals surface area contributed by atoms with Gasteiger partial charge in [0.05, 0.1) is 22.7 Å². The van der Waals surface area contributed by atoms with Gasteiger partial charge in [0.25, 0.3) is 0 Å². The molecule has 0 unspecified atom stereocenters. The van der Waals surface area contributed by atoms with Crippen LogP contribution in [0.15, 0.2) is 0 Å². The molecule has 0 aromatic heterocycles. The van der Waals surface area contributed by atoms with Gasteiger partial charge in [-0.1, -0.05) is 6.04 Å². The maximum absolute atomic E-state index is 6.21. The average molecular weight is 362 g/mol. The Balaban J connectivity index is 2.33. The molecule has 1 heterocycles. The monoisotopic (exact) mass is 361 g/mol. The molecule has 0 aromatic carbocycles. The van der Waals surface area contributed by atoms with Gasteiger partial charge in [-0.15, -0.1) is 0 Å². The van der Waals surface area contributed by atoms with Crippen LogP contribution in [0.2, 0.25) is 6.04 Å². The lowest BCUT2D eigenvalue weighted by Gasteiger charge is -2.53. The molecule has 0 spiro atoms. The Morgan fingerprint density at radius 1 is 1.04 bits per heavy atom. The van der Waals surface area contributed by atoms with E-state index in [1.54, 1.807) is 7.11 Å². The summed E-state index contributed by atoms with van der Waals surface area (Å²) in [5.41, 5.74) is -0.0180. The third-order valence-corrected chi connectivity index (χ3v) is 6.48. The quantitative estimate of drug-likeness (QED) is 0.321. The Bertz CT molecular complexity index is 328. The molecule has 0 N–H and O–H groups in total. The van der Waals surface area contributed by atoms with E-state index in [0.717, 1.165) is 39.1 Å². The van der Waals surface area contributed by atoms with Gasteiger partial charge in [-0.2, -0.15) is 5.06 Å². The van der Waals surface area contributed by atoms with E-state index in [-0.39, 0.29) is 26.5 Å². The summed E-state index contributed by atoms with van der Waals surface area (Å²) in [5, 5.41) is 2.13. The van der Waals surface area contributed by atoms with Crippen LogP contribution in [0.1, 0.15) is 60.8 Å². The number of nitrogens with zero attached hydrogens (tertiary/aromatic N) is 1. The zero-order chi connectivity index (χ0) is 18.2. The molecular formula is C18H39NO4Si. The van der Waals surface area contributed by atoms with Crippen molar-refractivity contribution in [3.8, 4) is 0 Å². The number of hydrogen-bond donors (Lipinski definition) is 0. The van der Waals surface area contributed by atoms with Crippen molar-refractivity contribution in [1.29, 1.82) is 0 Å². The van der Waals surface area contributed by atoms with E-state index in [4.69, 9.17) is 19.0 Å². The minimum atomic E-state index is -0.355. The van der Waals surface area contributed by atoms with Crippen LogP contribution in [0.5, 0.6) is 0 Å². The normalized spacial score (nSPS) is 22.0. The first-order valence-corrected chi connectivity index (χ1v) is 11.3. The molecule has 144 valence electrons. The summed E-state index contributed by atoms with van der Waals surface area (Å²) in [4.78, 5) is 5.64. The molecule has 1 rings (SSSR count). The molecule has 0 aromatic rings. The lowest BCUT2D eigenvalue weighted by Crippen LogP contribution is -2.61. The third kappa shape index (κ3) is 6.73. The van der Waals surface area contributed by atoms with Crippen molar-refractivity contribution in [2.45, 2.75) is 89.9 Å². The minimum Gasteiger partial charge on any atom is -0.378 e. The summed E-state index contributed by atoms with van der Waals surface area (Å²) < 4.78 is 17.5. The fourth-order valence-electron chi connectivity index (χ4n) is 4.03. The molecule has 0 aliphatic carbocycles. The summed E-state index contributed by atoms with van der Waals surface area (Å²) in [6, 6.07) is 1.20. The largest absolute Gasteiger partial charge is 0.378 e. The second-order valence-corrected chi connectivity index (χ2v) is 9.79. The van der Waals surface area contributed by atoms with Gasteiger partial charge in [0, 0.05) is 30.9 Å². The highest BCUT2D eigenvalue weighted by Gasteiger charge is 2.46. The second kappa shape index (κ2) is 10.2. The van der Waals surface area contributed by atoms with E-state index in [0.29, 0.717) is 6.10 Å². The van der Waals surface area contributed by atoms with Gasteiger partial charge in [-0.05, 0) is 60.8 Å². The highest BCUT2D eigenvalue weighted by Crippen LogP contribution is 2.39. The first-order valence-electron chi connectivity index (χ1n) is 9.46. The molecule has 0 saturated carbocycles. The lowest BCUT2D eigenvalue weighted by atomic mass is 9.80. The predicted molar refractivity (Wildman–Crippen MR) is 101 cm³/mol. The zero-order valence-corrected chi connectivity index (χ0v) is 18.3. The van der Waals surface area contributed by atoms with E-state index in [2.05, 4.69) is 32.8 Å². The van der Waals surface area contributed by atoms with Crippen LogP contribution < -0.4 is 0 Å². The van der Waals surface area contributed by atoms with Crippen molar-refractivity contribution in [1.82, 2.24) is 5.06 Å². The van der Waals surface area contributed by atoms with Crippen LogP contribution in [0.3, 0.4) is 0 Å². The fourth-order valence-corrected chi connectivity index (χ4v) is 5.66. The van der Waals surface area contributed by atoms with E-state index in [9.17, 15) is 0 Å². The van der Waals surface area contributed by atoms with Gasteiger partial charge in [0.1, 0.15) is 5.91 Å². The van der Waals surface area contributed by atoms with Gasteiger partial charge in [0.2, 0.25) is 0 Å². The van der Waals surface area contributed by atoms with Crippen molar-refractivity contribution in [2.24, 2.45) is 0 Å². The SMILES string of the molecule is CCOC(OCC)[SiH2]CCCOC1CC(C)(C)N(OC)C(C)(C)C1. The Kier molecular flexibility index (Phi) is 9.41. The van der Waals surface area contributed by atoms with Gasteiger partial charge in [-0.3, -0.25) is 0 Å². The molecule has 5 nitrogen and oxygen atoms in total. The molecule has 1 fully saturated rings. The topological polar surface area (TPSA) is 40.2 Å². The number of hydrogen-bond acceptors (Lipinski definition) is 5. The number of piperidine rings is 1. The van der Waals surface area contributed by atoms with Gasteiger partial charge in [-0.25, -0.2) is 0 Å². The van der Waals surface area contributed by atoms with Crippen molar-refractivity contribution in [2.75, 3.05) is 26.9 Å². The van der Waals surface area contributed by atoms with Crippen molar-refractivity contribution in [3.05, 3.63) is 0 Å². The third-order valence-electron chi connectivity index (χ3n) is 4.63.